The fourth-order valence-electron chi connectivity index (χ4n) is 3.10. The van der Waals surface area contributed by atoms with Crippen LogP contribution < -0.4 is 10.6 Å². The van der Waals surface area contributed by atoms with E-state index in [1.54, 1.807) is 0 Å². The highest BCUT2D eigenvalue weighted by atomic mass is 16.2. The Morgan fingerprint density at radius 3 is 2.90 bits per heavy atom. The van der Waals surface area contributed by atoms with Crippen molar-refractivity contribution in [3.63, 3.8) is 0 Å². The third-order valence-electron chi connectivity index (χ3n) is 4.12. The van der Waals surface area contributed by atoms with Crippen molar-refractivity contribution in [1.29, 1.82) is 0 Å². The van der Waals surface area contributed by atoms with Crippen molar-refractivity contribution in [3.8, 4) is 0 Å². The number of hydrogen-bond donors (Lipinski definition) is 2. The minimum atomic E-state index is 0.0899. The molecule has 21 heavy (non-hydrogen) atoms. The molecule has 1 aliphatic rings. The molecule has 2 N–H and O–H groups in total. The van der Waals surface area contributed by atoms with Crippen molar-refractivity contribution in [3.05, 3.63) is 29.3 Å². The molecule has 4 nitrogen and oxygen atoms in total. The minimum Gasteiger partial charge on any atom is -0.325 e. The molecule has 1 amide bonds. The summed E-state index contributed by atoms with van der Waals surface area (Å²) in [4.78, 5) is 14.5. The Labute approximate surface area is 127 Å². The zero-order valence-electron chi connectivity index (χ0n) is 13.4. The lowest BCUT2D eigenvalue weighted by Crippen LogP contribution is -2.42. The van der Waals surface area contributed by atoms with E-state index in [1.165, 1.54) is 18.4 Å². The second-order valence-corrected chi connectivity index (χ2v) is 6.17. The van der Waals surface area contributed by atoms with Crippen LogP contribution in [0.1, 0.15) is 24.0 Å². The molecule has 0 radical (unpaired) electrons. The van der Waals surface area contributed by atoms with E-state index in [2.05, 4.69) is 28.5 Å². The van der Waals surface area contributed by atoms with Gasteiger partial charge in [-0.2, -0.15) is 0 Å². The summed E-state index contributed by atoms with van der Waals surface area (Å²) in [5.74, 6) is 0.754. The lowest BCUT2D eigenvalue weighted by atomic mass is 9.98. The van der Waals surface area contributed by atoms with Crippen LogP contribution >= 0.6 is 0 Å². The monoisotopic (exact) mass is 289 g/mol. The summed E-state index contributed by atoms with van der Waals surface area (Å²) >= 11 is 0. The first kappa shape index (κ1) is 16.0. The van der Waals surface area contributed by atoms with Gasteiger partial charge in [-0.1, -0.05) is 17.7 Å². The zero-order chi connectivity index (χ0) is 15.2. The van der Waals surface area contributed by atoms with Gasteiger partial charge in [0.1, 0.15) is 0 Å². The molecule has 1 heterocycles. The van der Waals surface area contributed by atoms with Crippen molar-refractivity contribution >= 4 is 11.6 Å². The SMILES string of the molecule is CNCC1CCCN(CC(=O)Nc2ccc(C)cc2C)C1. The van der Waals surface area contributed by atoms with Gasteiger partial charge in [0.05, 0.1) is 6.54 Å². The lowest BCUT2D eigenvalue weighted by Gasteiger charge is -2.32. The van der Waals surface area contributed by atoms with Gasteiger partial charge in [-0.05, 0) is 64.4 Å². The fourth-order valence-corrected chi connectivity index (χ4v) is 3.10. The van der Waals surface area contributed by atoms with Crippen molar-refractivity contribution in [1.82, 2.24) is 10.2 Å². The van der Waals surface area contributed by atoms with E-state index in [9.17, 15) is 4.79 Å². The third kappa shape index (κ3) is 4.83. The maximum atomic E-state index is 12.2. The van der Waals surface area contributed by atoms with Crippen LogP contribution in [0.4, 0.5) is 5.69 Å². The van der Waals surface area contributed by atoms with Gasteiger partial charge in [0.15, 0.2) is 0 Å². The number of nitrogens with one attached hydrogen (secondary N) is 2. The van der Waals surface area contributed by atoms with Crippen molar-refractivity contribution < 1.29 is 4.79 Å². The normalized spacial score (nSPS) is 19.5. The molecule has 1 aromatic rings. The summed E-state index contributed by atoms with van der Waals surface area (Å²) < 4.78 is 0. The van der Waals surface area contributed by atoms with Gasteiger partial charge in [0.2, 0.25) is 5.91 Å². The average molecular weight is 289 g/mol. The molecular formula is C17H27N3O. The predicted molar refractivity (Wildman–Crippen MR) is 87.6 cm³/mol. The molecule has 1 unspecified atom stereocenters. The van der Waals surface area contributed by atoms with E-state index in [0.717, 1.165) is 30.9 Å². The van der Waals surface area contributed by atoms with E-state index < -0.39 is 0 Å². The number of carbonyl (C=O) groups excluding carboxylic acids is 1. The molecule has 1 saturated heterocycles. The molecule has 0 bridgehead atoms. The van der Waals surface area contributed by atoms with Gasteiger partial charge in [0, 0.05) is 12.2 Å². The Kier molecular flexibility index (Phi) is 5.76. The molecule has 116 valence electrons. The van der Waals surface area contributed by atoms with Crippen LogP contribution in [0.5, 0.6) is 0 Å². The molecular weight excluding hydrogens is 262 g/mol. The predicted octanol–water partition coefficient (Wildman–Crippen LogP) is 2.17. The molecule has 1 aliphatic heterocycles. The summed E-state index contributed by atoms with van der Waals surface area (Å²) in [7, 11) is 1.99. The zero-order valence-corrected chi connectivity index (χ0v) is 13.4. The first-order chi connectivity index (χ1) is 10.1. The fraction of sp³-hybridized carbons (Fsp3) is 0.588. The van der Waals surface area contributed by atoms with Gasteiger partial charge < -0.3 is 10.6 Å². The Balaban J connectivity index is 1.86. The van der Waals surface area contributed by atoms with Crippen molar-refractivity contribution in [2.75, 3.05) is 38.5 Å². The number of likely N-dealkylation sites (tertiary alicyclic amines) is 1. The van der Waals surface area contributed by atoms with E-state index in [4.69, 9.17) is 0 Å². The molecule has 0 aromatic heterocycles. The van der Waals surface area contributed by atoms with Crippen molar-refractivity contribution in [2.24, 2.45) is 5.92 Å². The van der Waals surface area contributed by atoms with Crippen LogP contribution in [0.15, 0.2) is 18.2 Å². The number of carbonyl (C=O) groups is 1. The number of aryl methyl sites for hydroxylation is 2. The Bertz CT molecular complexity index is 485. The Morgan fingerprint density at radius 2 is 2.19 bits per heavy atom. The number of nitrogens with zero attached hydrogens (tertiary/aromatic N) is 1. The number of benzene rings is 1. The van der Waals surface area contributed by atoms with Crippen molar-refractivity contribution in [2.45, 2.75) is 26.7 Å². The average Bonchev–Trinajstić information content (AvgIpc) is 2.43. The van der Waals surface area contributed by atoms with Gasteiger partial charge >= 0.3 is 0 Å². The highest BCUT2D eigenvalue weighted by Gasteiger charge is 2.21. The van der Waals surface area contributed by atoms with Crippen LogP contribution in [-0.2, 0) is 4.79 Å². The lowest BCUT2D eigenvalue weighted by molar-refractivity contribution is -0.117. The summed E-state index contributed by atoms with van der Waals surface area (Å²) in [6.07, 6.45) is 2.44. The van der Waals surface area contributed by atoms with Crippen LogP contribution in [-0.4, -0.2) is 44.0 Å². The standard InChI is InChI=1S/C17H27N3O/c1-13-6-7-16(14(2)9-13)19-17(21)12-20-8-4-5-15(11-20)10-18-3/h6-7,9,15,18H,4-5,8,10-12H2,1-3H3,(H,19,21). The topological polar surface area (TPSA) is 44.4 Å². The molecule has 0 spiro atoms. The largest absolute Gasteiger partial charge is 0.325 e. The number of anilines is 1. The van der Waals surface area contributed by atoms with Gasteiger partial charge in [0.25, 0.3) is 0 Å². The van der Waals surface area contributed by atoms with Crippen LogP contribution in [0.2, 0.25) is 0 Å². The van der Waals surface area contributed by atoms with Gasteiger partial charge in [-0.25, -0.2) is 0 Å². The van der Waals surface area contributed by atoms with Crippen LogP contribution in [0, 0.1) is 19.8 Å². The van der Waals surface area contributed by atoms with Crippen LogP contribution in [0.25, 0.3) is 0 Å². The Hall–Kier alpha value is -1.39. The molecule has 0 aliphatic carbocycles. The molecule has 1 atom stereocenters. The quantitative estimate of drug-likeness (QED) is 0.873. The van der Waals surface area contributed by atoms with Gasteiger partial charge in [-0.3, -0.25) is 9.69 Å². The number of hydrogen-bond acceptors (Lipinski definition) is 3. The summed E-state index contributed by atoms with van der Waals surface area (Å²) in [6.45, 7) is 7.67. The first-order valence-electron chi connectivity index (χ1n) is 7.82. The summed E-state index contributed by atoms with van der Waals surface area (Å²) in [5.41, 5.74) is 3.26. The number of amides is 1. The molecule has 0 saturated carbocycles. The van der Waals surface area contributed by atoms with E-state index in [0.29, 0.717) is 12.5 Å². The second kappa shape index (κ2) is 7.57. The highest BCUT2D eigenvalue weighted by molar-refractivity contribution is 5.93. The van der Waals surface area contributed by atoms with E-state index >= 15 is 0 Å². The van der Waals surface area contributed by atoms with E-state index in [1.807, 2.05) is 26.1 Å². The van der Waals surface area contributed by atoms with Gasteiger partial charge in [-0.15, -0.1) is 0 Å². The molecule has 1 aromatic carbocycles. The summed E-state index contributed by atoms with van der Waals surface area (Å²) in [5, 5.41) is 6.27. The highest BCUT2D eigenvalue weighted by Crippen LogP contribution is 2.18. The van der Waals surface area contributed by atoms with Crippen LogP contribution in [0.3, 0.4) is 0 Å². The third-order valence-corrected chi connectivity index (χ3v) is 4.12. The smallest absolute Gasteiger partial charge is 0.238 e. The maximum Gasteiger partial charge on any atom is 0.238 e. The molecule has 4 heteroatoms. The first-order valence-corrected chi connectivity index (χ1v) is 7.82. The minimum absolute atomic E-state index is 0.0899. The number of piperidine rings is 1. The molecule has 2 rings (SSSR count). The second-order valence-electron chi connectivity index (χ2n) is 6.17. The number of rotatable bonds is 5. The Morgan fingerprint density at radius 1 is 1.38 bits per heavy atom. The van der Waals surface area contributed by atoms with E-state index in [-0.39, 0.29) is 5.91 Å². The molecule has 1 fully saturated rings. The maximum absolute atomic E-state index is 12.2. The summed E-state index contributed by atoms with van der Waals surface area (Å²) in [6, 6.07) is 6.12.